The van der Waals surface area contributed by atoms with Crippen LogP contribution in [0.25, 0.3) is 0 Å². The van der Waals surface area contributed by atoms with Crippen molar-refractivity contribution < 1.29 is 9.59 Å². The number of rotatable bonds is 5. The SMILES string of the molecule is CC(=O)Nc1ccc(SCC(=O)Nc2sc3c(c2C#N)CC[C@H](C)C3)cc1. The summed E-state index contributed by atoms with van der Waals surface area (Å²) in [6.07, 6.45) is 3.00. The topological polar surface area (TPSA) is 82.0 Å². The molecule has 1 heterocycles. The van der Waals surface area contributed by atoms with E-state index in [4.69, 9.17) is 0 Å². The summed E-state index contributed by atoms with van der Waals surface area (Å²) < 4.78 is 0. The maximum atomic E-state index is 12.4. The van der Waals surface area contributed by atoms with Gasteiger partial charge in [0.15, 0.2) is 0 Å². The molecular formula is C20H21N3O2S2. The summed E-state index contributed by atoms with van der Waals surface area (Å²) in [5.41, 5.74) is 2.49. The number of amides is 2. The molecule has 2 amide bonds. The first-order valence-corrected chi connectivity index (χ1v) is 10.6. The van der Waals surface area contributed by atoms with E-state index in [2.05, 4.69) is 23.6 Å². The Balaban J connectivity index is 1.60. The van der Waals surface area contributed by atoms with Crippen LogP contribution in [-0.4, -0.2) is 17.6 Å². The van der Waals surface area contributed by atoms with Gasteiger partial charge in [0.25, 0.3) is 0 Å². The smallest absolute Gasteiger partial charge is 0.235 e. The van der Waals surface area contributed by atoms with E-state index in [0.29, 0.717) is 16.5 Å². The molecule has 2 N–H and O–H groups in total. The Morgan fingerprint density at radius 2 is 2.04 bits per heavy atom. The molecule has 5 nitrogen and oxygen atoms in total. The number of carbonyl (C=O) groups is 2. The molecule has 27 heavy (non-hydrogen) atoms. The number of hydrogen-bond acceptors (Lipinski definition) is 5. The van der Waals surface area contributed by atoms with Gasteiger partial charge in [-0.2, -0.15) is 5.26 Å². The van der Waals surface area contributed by atoms with Crippen molar-refractivity contribution in [3.05, 3.63) is 40.3 Å². The summed E-state index contributed by atoms with van der Waals surface area (Å²) >= 11 is 2.97. The number of hydrogen-bond donors (Lipinski definition) is 2. The van der Waals surface area contributed by atoms with Crippen molar-refractivity contribution in [3.8, 4) is 6.07 Å². The number of nitrogens with one attached hydrogen (secondary N) is 2. The first-order valence-electron chi connectivity index (χ1n) is 8.81. The van der Waals surface area contributed by atoms with Gasteiger partial charge in [0.1, 0.15) is 11.1 Å². The van der Waals surface area contributed by atoms with Gasteiger partial charge in [-0.1, -0.05) is 6.92 Å². The molecule has 0 saturated carbocycles. The van der Waals surface area contributed by atoms with Crippen LogP contribution in [0.2, 0.25) is 0 Å². The highest BCUT2D eigenvalue weighted by Crippen LogP contribution is 2.39. The summed E-state index contributed by atoms with van der Waals surface area (Å²) in [6, 6.07) is 9.63. The number of benzene rings is 1. The van der Waals surface area contributed by atoms with Crippen molar-refractivity contribution in [2.75, 3.05) is 16.4 Å². The largest absolute Gasteiger partial charge is 0.326 e. The minimum atomic E-state index is -0.117. The van der Waals surface area contributed by atoms with Crippen LogP contribution in [-0.2, 0) is 22.4 Å². The normalized spacial score (nSPS) is 15.5. The molecule has 1 aromatic carbocycles. The molecular weight excluding hydrogens is 378 g/mol. The van der Waals surface area contributed by atoms with E-state index in [1.165, 1.54) is 23.6 Å². The monoisotopic (exact) mass is 399 g/mol. The van der Waals surface area contributed by atoms with Gasteiger partial charge in [-0.15, -0.1) is 23.1 Å². The Morgan fingerprint density at radius 1 is 1.30 bits per heavy atom. The maximum Gasteiger partial charge on any atom is 0.235 e. The van der Waals surface area contributed by atoms with Gasteiger partial charge in [0.2, 0.25) is 11.8 Å². The Hall–Kier alpha value is -2.30. The predicted molar refractivity (Wildman–Crippen MR) is 110 cm³/mol. The molecule has 0 radical (unpaired) electrons. The first-order chi connectivity index (χ1) is 13.0. The molecule has 0 saturated heterocycles. The quantitative estimate of drug-likeness (QED) is 0.729. The van der Waals surface area contributed by atoms with Crippen LogP contribution in [0, 0.1) is 17.2 Å². The molecule has 1 aliphatic carbocycles. The second-order valence-corrected chi connectivity index (χ2v) is 8.86. The first kappa shape index (κ1) is 19.5. The lowest BCUT2D eigenvalue weighted by Crippen LogP contribution is -2.14. The van der Waals surface area contributed by atoms with E-state index < -0.39 is 0 Å². The molecule has 0 bridgehead atoms. The van der Waals surface area contributed by atoms with Crippen LogP contribution in [0.5, 0.6) is 0 Å². The molecule has 0 unspecified atom stereocenters. The summed E-state index contributed by atoms with van der Waals surface area (Å²) in [6.45, 7) is 3.69. The number of thiophene rings is 1. The number of thioether (sulfide) groups is 1. The van der Waals surface area contributed by atoms with E-state index >= 15 is 0 Å². The van der Waals surface area contributed by atoms with Crippen LogP contribution in [0.15, 0.2) is 29.2 Å². The van der Waals surface area contributed by atoms with Crippen molar-refractivity contribution >= 4 is 45.6 Å². The molecule has 3 rings (SSSR count). The van der Waals surface area contributed by atoms with E-state index in [-0.39, 0.29) is 17.6 Å². The summed E-state index contributed by atoms with van der Waals surface area (Å²) in [5, 5.41) is 15.8. The molecule has 1 aromatic heterocycles. The summed E-state index contributed by atoms with van der Waals surface area (Å²) in [4.78, 5) is 25.6. The highest BCUT2D eigenvalue weighted by atomic mass is 32.2. The second-order valence-electron chi connectivity index (χ2n) is 6.71. The van der Waals surface area contributed by atoms with Gasteiger partial charge in [-0.05, 0) is 55.0 Å². The minimum Gasteiger partial charge on any atom is -0.326 e. The van der Waals surface area contributed by atoms with Gasteiger partial charge >= 0.3 is 0 Å². The van der Waals surface area contributed by atoms with Crippen molar-refractivity contribution in [2.45, 2.75) is 38.0 Å². The van der Waals surface area contributed by atoms with Crippen molar-refractivity contribution in [3.63, 3.8) is 0 Å². The molecule has 7 heteroatoms. The Morgan fingerprint density at radius 3 is 2.70 bits per heavy atom. The lowest BCUT2D eigenvalue weighted by molar-refractivity contribution is -0.114. The van der Waals surface area contributed by atoms with E-state index in [1.54, 1.807) is 11.3 Å². The van der Waals surface area contributed by atoms with Crippen molar-refractivity contribution in [2.24, 2.45) is 5.92 Å². The average Bonchev–Trinajstić information content (AvgIpc) is 2.96. The average molecular weight is 400 g/mol. The summed E-state index contributed by atoms with van der Waals surface area (Å²) in [7, 11) is 0. The van der Waals surface area contributed by atoms with Crippen molar-refractivity contribution in [1.82, 2.24) is 0 Å². The highest BCUT2D eigenvalue weighted by Gasteiger charge is 2.24. The minimum absolute atomic E-state index is 0.115. The van der Waals surface area contributed by atoms with Gasteiger partial charge < -0.3 is 10.6 Å². The fraction of sp³-hybridized carbons (Fsp3) is 0.350. The van der Waals surface area contributed by atoms with E-state index in [0.717, 1.165) is 35.4 Å². The van der Waals surface area contributed by atoms with Gasteiger partial charge in [0, 0.05) is 22.4 Å². The van der Waals surface area contributed by atoms with E-state index in [1.807, 2.05) is 24.3 Å². The van der Waals surface area contributed by atoms with Crippen molar-refractivity contribution in [1.29, 1.82) is 5.26 Å². The van der Waals surface area contributed by atoms with Gasteiger partial charge in [0.05, 0.1) is 11.3 Å². The van der Waals surface area contributed by atoms with Gasteiger partial charge in [-0.25, -0.2) is 0 Å². The zero-order valence-electron chi connectivity index (χ0n) is 15.3. The lowest BCUT2D eigenvalue weighted by atomic mass is 9.89. The Labute approximate surface area is 167 Å². The molecule has 140 valence electrons. The molecule has 0 spiro atoms. The fourth-order valence-corrected chi connectivity index (χ4v) is 5.18. The Bertz CT molecular complexity index is 897. The summed E-state index contributed by atoms with van der Waals surface area (Å²) in [5.74, 6) is 0.663. The number of anilines is 2. The fourth-order valence-electron chi connectivity index (χ4n) is 3.11. The van der Waals surface area contributed by atoms with Crippen LogP contribution in [0.1, 0.15) is 36.3 Å². The number of fused-ring (bicyclic) bond motifs is 1. The molecule has 0 fully saturated rings. The number of nitrogens with zero attached hydrogens (tertiary/aromatic N) is 1. The third-order valence-corrected chi connectivity index (χ3v) is 6.60. The third kappa shape index (κ3) is 4.90. The predicted octanol–water partition coefficient (Wildman–Crippen LogP) is 4.43. The van der Waals surface area contributed by atoms with E-state index in [9.17, 15) is 14.9 Å². The molecule has 1 atom stereocenters. The standard InChI is InChI=1S/C20H21N3O2S2/c1-12-3-8-16-17(10-21)20(27-18(16)9-12)23-19(25)11-26-15-6-4-14(5-7-15)22-13(2)24/h4-7,12H,3,8-9,11H2,1-2H3,(H,22,24)(H,23,25)/t12-/m0/s1. The molecule has 2 aromatic rings. The zero-order chi connectivity index (χ0) is 19.4. The number of carbonyl (C=O) groups excluding carboxylic acids is 2. The third-order valence-electron chi connectivity index (χ3n) is 4.42. The highest BCUT2D eigenvalue weighted by molar-refractivity contribution is 8.00. The Kier molecular flexibility index (Phi) is 6.19. The van der Waals surface area contributed by atoms with Crippen LogP contribution < -0.4 is 10.6 Å². The van der Waals surface area contributed by atoms with Crippen LogP contribution >= 0.6 is 23.1 Å². The second kappa shape index (κ2) is 8.59. The lowest BCUT2D eigenvalue weighted by Gasteiger charge is -2.17. The molecule has 1 aliphatic rings. The number of nitriles is 1. The zero-order valence-corrected chi connectivity index (χ0v) is 16.9. The van der Waals surface area contributed by atoms with Gasteiger partial charge in [-0.3, -0.25) is 9.59 Å². The van der Waals surface area contributed by atoms with Crippen LogP contribution in [0.3, 0.4) is 0 Å². The maximum absolute atomic E-state index is 12.4. The van der Waals surface area contributed by atoms with Crippen LogP contribution in [0.4, 0.5) is 10.7 Å². The molecule has 0 aliphatic heterocycles.